The summed E-state index contributed by atoms with van der Waals surface area (Å²) in [4.78, 5) is 14.8. The third kappa shape index (κ3) is 6.64. The number of allylic oxidation sites excluding steroid dienone is 1. The molecule has 5 nitrogen and oxygen atoms in total. The van der Waals surface area contributed by atoms with Crippen LogP contribution < -0.4 is 0 Å². The average Bonchev–Trinajstić information content (AvgIpc) is 3.57. The van der Waals surface area contributed by atoms with Gasteiger partial charge < -0.3 is 10.0 Å². The standard InChI is InChI=1S/C35H42FN3O2/c1-2-39-34(22-31(37-39)17-24-7-4-3-5-8-24)26-13-15-38(16-14-26)23-29-19-28(33(35(40)41)18-25-11-12-25)21-32(29)27-9-6-10-30(36)20-27/h3-10,20,22,25-26,29,32H,2,11-19,21,23H2,1H3,(H,40,41)/b33-28+/t29-,32-/m1/s1. The van der Waals surface area contributed by atoms with Gasteiger partial charge in [-0.1, -0.05) is 48.0 Å². The molecule has 2 saturated carbocycles. The largest absolute Gasteiger partial charge is 0.478 e. The molecule has 0 spiro atoms. The van der Waals surface area contributed by atoms with Gasteiger partial charge >= 0.3 is 5.97 Å². The summed E-state index contributed by atoms with van der Waals surface area (Å²) in [5.41, 5.74) is 6.52. The summed E-state index contributed by atoms with van der Waals surface area (Å²) in [6.07, 6.45) is 7.56. The minimum Gasteiger partial charge on any atom is -0.478 e. The Bertz CT molecular complexity index is 1390. The van der Waals surface area contributed by atoms with Crippen LogP contribution in [-0.2, 0) is 17.8 Å². The first-order chi connectivity index (χ1) is 20.0. The van der Waals surface area contributed by atoms with E-state index in [2.05, 4.69) is 52.9 Å². The molecule has 1 aliphatic heterocycles. The van der Waals surface area contributed by atoms with Crippen molar-refractivity contribution in [1.29, 1.82) is 0 Å². The van der Waals surface area contributed by atoms with Gasteiger partial charge in [0.05, 0.1) is 5.69 Å². The van der Waals surface area contributed by atoms with E-state index in [1.165, 1.54) is 17.3 Å². The highest BCUT2D eigenvalue weighted by Gasteiger charge is 2.37. The molecule has 2 atom stereocenters. The number of aromatic nitrogens is 2. The van der Waals surface area contributed by atoms with Crippen molar-refractivity contribution in [1.82, 2.24) is 14.7 Å². The number of hydrogen-bond acceptors (Lipinski definition) is 3. The number of benzene rings is 2. The zero-order valence-corrected chi connectivity index (χ0v) is 24.1. The third-order valence-electron chi connectivity index (χ3n) is 9.58. The predicted molar refractivity (Wildman–Crippen MR) is 159 cm³/mol. The molecular weight excluding hydrogens is 513 g/mol. The molecule has 6 rings (SSSR count). The van der Waals surface area contributed by atoms with E-state index in [1.54, 1.807) is 12.1 Å². The van der Waals surface area contributed by atoms with Crippen LogP contribution in [0.4, 0.5) is 4.39 Å². The van der Waals surface area contributed by atoms with Crippen molar-refractivity contribution in [3.63, 3.8) is 0 Å². The number of rotatable bonds is 10. The van der Waals surface area contributed by atoms with Crippen LogP contribution in [-0.4, -0.2) is 45.4 Å². The summed E-state index contributed by atoms with van der Waals surface area (Å²) in [5.74, 6) is 0.521. The lowest BCUT2D eigenvalue weighted by molar-refractivity contribution is -0.132. The fraction of sp³-hybridized carbons (Fsp3) is 0.486. The van der Waals surface area contributed by atoms with E-state index in [0.717, 1.165) is 88.0 Å². The van der Waals surface area contributed by atoms with Crippen molar-refractivity contribution in [2.75, 3.05) is 19.6 Å². The Balaban J connectivity index is 1.14. The first-order valence-electron chi connectivity index (χ1n) is 15.5. The first kappa shape index (κ1) is 27.9. The van der Waals surface area contributed by atoms with Gasteiger partial charge in [-0.25, -0.2) is 9.18 Å². The summed E-state index contributed by atoms with van der Waals surface area (Å²) in [6.45, 7) is 6.02. The molecule has 1 N–H and O–H groups in total. The maximum Gasteiger partial charge on any atom is 0.331 e. The van der Waals surface area contributed by atoms with E-state index in [0.29, 0.717) is 29.7 Å². The number of halogens is 1. The van der Waals surface area contributed by atoms with Crippen molar-refractivity contribution in [3.8, 4) is 0 Å². The Morgan fingerprint density at radius 3 is 2.46 bits per heavy atom. The molecule has 0 bridgehead atoms. The number of carboxylic acids is 1. The highest BCUT2D eigenvalue weighted by Crippen LogP contribution is 2.47. The number of aryl methyl sites for hydroxylation is 1. The van der Waals surface area contributed by atoms with E-state index < -0.39 is 5.97 Å². The number of carbonyl (C=O) groups is 1. The van der Waals surface area contributed by atoms with Crippen LogP contribution in [0, 0.1) is 17.7 Å². The Morgan fingerprint density at radius 2 is 1.78 bits per heavy atom. The predicted octanol–water partition coefficient (Wildman–Crippen LogP) is 7.19. The second kappa shape index (κ2) is 12.3. The molecule has 1 aromatic heterocycles. The normalized spacial score (nSPS) is 23.2. The highest BCUT2D eigenvalue weighted by atomic mass is 19.1. The molecule has 6 heteroatoms. The SMILES string of the molecule is CCn1nc(Cc2ccccc2)cc1C1CCN(C[C@H]2C/C(=C(/CC3CC3)C(=O)O)C[C@@H]2c2cccc(F)c2)CC1. The topological polar surface area (TPSA) is 58.4 Å². The molecule has 0 amide bonds. The quantitative estimate of drug-likeness (QED) is 0.269. The average molecular weight is 556 g/mol. The Kier molecular flexibility index (Phi) is 8.38. The molecule has 3 aliphatic rings. The van der Waals surface area contributed by atoms with Gasteiger partial charge in [-0.15, -0.1) is 0 Å². The molecule has 3 fully saturated rings. The zero-order chi connectivity index (χ0) is 28.3. The van der Waals surface area contributed by atoms with Gasteiger partial charge in [-0.05, 0) is 112 Å². The van der Waals surface area contributed by atoms with Gasteiger partial charge in [-0.2, -0.15) is 5.10 Å². The third-order valence-corrected chi connectivity index (χ3v) is 9.58. The van der Waals surface area contributed by atoms with Gasteiger partial charge in [0.25, 0.3) is 0 Å². The monoisotopic (exact) mass is 555 g/mol. The van der Waals surface area contributed by atoms with E-state index in [9.17, 15) is 14.3 Å². The number of likely N-dealkylation sites (tertiary alicyclic amines) is 1. The van der Waals surface area contributed by atoms with E-state index in [-0.39, 0.29) is 11.7 Å². The molecule has 0 unspecified atom stereocenters. The number of carboxylic acid groups (broad SMARTS) is 1. The van der Waals surface area contributed by atoms with Crippen molar-refractivity contribution in [3.05, 3.63) is 100 Å². The van der Waals surface area contributed by atoms with Crippen LogP contribution in [0.5, 0.6) is 0 Å². The fourth-order valence-electron chi connectivity index (χ4n) is 7.24. The van der Waals surface area contributed by atoms with Crippen LogP contribution in [0.1, 0.15) is 86.2 Å². The molecule has 2 aromatic carbocycles. The maximum atomic E-state index is 14.2. The van der Waals surface area contributed by atoms with Crippen LogP contribution in [0.2, 0.25) is 0 Å². The van der Waals surface area contributed by atoms with Crippen LogP contribution >= 0.6 is 0 Å². The molecule has 2 heterocycles. The number of aliphatic carboxylic acids is 1. The molecular formula is C35H42FN3O2. The summed E-state index contributed by atoms with van der Waals surface area (Å²) >= 11 is 0. The highest BCUT2D eigenvalue weighted by molar-refractivity contribution is 5.87. The number of hydrogen-bond donors (Lipinski definition) is 1. The smallest absolute Gasteiger partial charge is 0.331 e. The van der Waals surface area contributed by atoms with Crippen molar-refractivity contribution in [2.24, 2.45) is 11.8 Å². The zero-order valence-electron chi connectivity index (χ0n) is 24.1. The van der Waals surface area contributed by atoms with Crippen molar-refractivity contribution in [2.45, 2.75) is 76.7 Å². The van der Waals surface area contributed by atoms with Crippen molar-refractivity contribution >= 4 is 5.97 Å². The number of nitrogens with zero attached hydrogens (tertiary/aromatic N) is 3. The van der Waals surface area contributed by atoms with E-state index >= 15 is 0 Å². The molecule has 0 radical (unpaired) electrons. The Morgan fingerprint density at radius 1 is 1.00 bits per heavy atom. The minimum atomic E-state index is -0.759. The van der Waals surface area contributed by atoms with Gasteiger partial charge in [0, 0.05) is 36.7 Å². The molecule has 1 saturated heterocycles. The van der Waals surface area contributed by atoms with Gasteiger partial charge in [-0.3, -0.25) is 4.68 Å². The maximum absolute atomic E-state index is 14.2. The lowest BCUT2D eigenvalue weighted by atomic mass is 9.87. The second-order valence-electron chi connectivity index (χ2n) is 12.5. The second-order valence-corrected chi connectivity index (χ2v) is 12.5. The summed E-state index contributed by atoms with van der Waals surface area (Å²) < 4.78 is 16.4. The van der Waals surface area contributed by atoms with Gasteiger partial charge in [0.1, 0.15) is 5.82 Å². The lowest BCUT2D eigenvalue weighted by Crippen LogP contribution is -2.37. The Labute approximate surface area is 243 Å². The number of piperidine rings is 1. The fourth-order valence-corrected chi connectivity index (χ4v) is 7.24. The summed E-state index contributed by atoms with van der Waals surface area (Å²) in [6, 6.07) is 19.8. The van der Waals surface area contributed by atoms with E-state index in [4.69, 9.17) is 5.10 Å². The van der Waals surface area contributed by atoms with E-state index in [1.807, 2.05) is 6.07 Å². The lowest BCUT2D eigenvalue weighted by Gasteiger charge is -2.35. The van der Waals surface area contributed by atoms with Crippen LogP contribution in [0.25, 0.3) is 0 Å². The molecule has 3 aromatic rings. The van der Waals surface area contributed by atoms with Crippen molar-refractivity contribution < 1.29 is 14.3 Å². The molecule has 216 valence electrons. The van der Waals surface area contributed by atoms with Gasteiger partial charge in [0.15, 0.2) is 0 Å². The molecule has 2 aliphatic carbocycles. The minimum absolute atomic E-state index is 0.161. The molecule has 41 heavy (non-hydrogen) atoms. The Hall–Kier alpha value is -3.25. The van der Waals surface area contributed by atoms with Crippen LogP contribution in [0.15, 0.2) is 71.8 Å². The summed E-state index contributed by atoms with van der Waals surface area (Å²) in [7, 11) is 0. The first-order valence-corrected chi connectivity index (χ1v) is 15.5. The summed E-state index contributed by atoms with van der Waals surface area (Å²) in [5, 5.41) is 15.0. The van der Waals surface area contributed by atoms with Crippen LogP contribution in [0.3, 0.4) is 0 Å². The van der Waals surface area contributed by atoms with Gasteiger partial charge in [0.2, 0.25) is 0 Å².